The van der Waals surface area contributed by atoms with Crippen molar-refractivity contribution in [1.29, 1.82) is 0 Å². The average molecular weight is 221 g/mol. The van der Waals surface area contributed by atoms with Crippen LogP contribution in [0.5, 0.6) is 0 Å². The molecule has 0 radical (unpaired) electrons. The molecule has 1 aromatic carbocycles. The molecular formula is C11H11NO2S. The van der Waals surface area contributed by atoms with Crippen LogP contribution >= 0.6 is 0 Å². The predicted octanol–water partition coefficient (Wildman–Crippen LogP) is 1.71. The van der Waals surface area contributed by atoms with E-state index in [1.165, 1.54) is 5.56 Å². The predicted molar refractivity (Wildman–Crippen MR) is 59.1 cm³/mol. The zero-order chi connectivity index (χ0) is 10.5. The molecule has 1 fully saturated rings. The smallest absolute Gasteiger partial charge is 0.192 e. The molecule has 1 atom stereocenters. The van der Waals surface area contributed by atoms with Crippen LogP contribution in [0.2, 0.25) is 0 Å². The van der Waals surface area contributed by atoms with Crippen LogP contribution in [0.15, 0.2) is 29.3 Å². The fourth-order valence-corrected chi connectivity index (χ4v) is 4.06. The lowest BCUT2D eigenvalue weighted by Crippen LogP contribution is -2.19. The average Bonchev–Trinajstić information content (AvgIpc) is 2.52. The third-order valence-corrected chi connectivity index (χ3v) is 4.93. The summed E-state index contributed by atoms with van der Waals surface area (Å²) >= 11 is 0. The Kier molecular flexibility index (Phi) is 1.77. The second-order valence-electron chi connectivity index (χ2n) is 4.09. The molecule has 2 aliphatic rings. The molecule has 2 heterocycles. The highest BCUT2D eigenvalue weighted by molar-refractivity contribution is 8.06. The maximum Gasteiger partial charge on any atom is 0.192 e. The normalized spacial score (nSPS) is 26.7. The van der Waals surface area contributed by atoms with E-state index in [0.29, 0.717) is 5.04 Å². The Morgan fingerprint density at radius 2 is 2.07 bits per heavy atom. The summed E-state index contributed by atoms with van der Waals surface area (Å²) in [6.07, 6.45) is 1.56. The molecule has 1 saturated heterocycles. The van der Waals surface area contributed by atoms with Gasteiger partial charge in [-0.05, 0) is 24.5 Å². The molecule has 0 aliphatic carbocycles. The SMILES string of the molecule is O=S1(=O)CCC2Cc3ccccc3N=C21. The Hall–Kier alpha value is -1.16. The van der Waals surface area contributed by atoms with Crippen LogP contribution in [0.3, 0.4) is 0 Å². The number of hydrogen-bond acceptors (Lipinski definition) is 3. The third kappa shape index (κ3) is 1.32. The highest BCUT2D eigenvalue weighted by Gasteiger charge is 2.38. The number of aliphatic imine (C=N–C) groups is 1. The van der Waals surface area contributed by atoms with Gasteiger partial charge in [0, 0.05) is 5.92 Å². The van der Waals surface area contributed by atoms with Crippen molar-refractivity contribution < 1.29 is 8.42 Å². The summed E-state index contributed by atoms with van der Waals surface area (Å²) in [5, 5.41) is 0.418. The van der Waals surface area contributed by atoms with Crippen molar-refractivity contribution in [1.82, 2.24) is 0 Å². The van der Waals surface area contributed by atoms with Crippen LogP contribution in [0.4, 0.5) is 5.69 Å². The van der Waals surface area contributed by atoms with Crippen molar-refractivity contribution in [3.8, 4) is 0 Å². The van der Waals surface area contributed by atoms with E-state index in [1.807, 2.05) is 24.3 Å². The maximum absolute atomic E-state index is 11.7. The second kappa shape index (κ2) is 2.92. The first kappa shape index (κ1) is 9.09. The molecule has 2 aliphatic heterocycles. The molecule has 4 heteroatoms. The second-order valence-corrected chi connectivity index (χ2v) is 6.14. The maximum atomic E-state index is 11.7. The molecule has 15 heavy (non-hydrogen) atoms. The van der Waals surface area contributed by atoms with Crippen LogP contribution in [0, 0.1) is 5.92 Å². The highest BCUT2D eigenvalue weighted by Crippen LogP contribution is 2.35. The van der Waals surface area contributed by atoms with Gasteiger partial charge in [-0.2, -0.15) is 0 Å². The first-order chi connectivity index (χ1) is 7.17. The minimum absolute atomic E-state index is 0.130. The number of benzene rings is 1. The number of para-hydroxylation sites is 1. The van der Waals surface area contributed by atoms with Gasteiger partial charge < -0.3 is 0 Å². The van der Waals surface area contributed by atoms with Crippen LogP contribution in [0.1, 0.15) is 12.0 Å². The van der Waals surface area contributed by atoms with Crippen LogP contribution in [-0.2, 0) is 16.3 Å². The summed E-state index contributed by atoms with van der Waals surface area (Å²) in [6, 6.07) is 7.78. The lowest BCUT2D eigenvalue weighted by Gasteiger charge is -2.17. The first-order valence-electron chi connectivity index (χ1n) is 5.06. The Morgan fingerprint density at radius 3 is 2.93 bits per heavy atom. The fraction of sp³-hybridized carbons (Fsp3) is 0.364. The van der Waals surface area contributed by atoms with Crippen molar-refractivity contribution in [2.45, 2.75) is 12.8 Å². The highest BCUT2D eigenvalue weighted by atomic mass is 32.2. The molecular weight excluding hydrogens is 210 g/mol. The minimum Gasteiger partial charge on any atom is -0.241 e. The summed E-state index contributed by atoms with van der Waals surface area (Å²) in [7, 11) is -3.04. The summed E-state index contributed by atoms with van der Waals surface area (Å²) in [5.74, 6) is 0.398. The quantitative estimate of drug-likeness (QED) is 0.669. The van der Waals surface area contributed by atoms with Gasteiger partial charge in [-0.1, -0.05) is 18.2 Å². The molecule has 0 spiro atoms. The van der Waals surface area contributed by atoms with Crippen LogP contribution in [0.25, 0.3) is 0 Å². The summed E-state index contributed by atoms with van der Waals surface area (Å²) in [6.45, 7) is 0. The van der Waals surface area contributed by atoms with E-state index in [0.717, 1.165) is 18.5 Å². The van der Waals surface area contributed by atoms with Crippen molar-refractivity contribution in [2.24, 2.45) is 10.9 Å². The number of sulfone groups is 1. The largest absolute Gasteiger partial charge is 0.241 e. The Labute approximate surface area is 88.8 Å². The first-order valence-corrected chi connectivity index (χ1v) is 6.71. The van der Waals surface area contributed by atoms with Crippen molar-refractivity contribution >= 4 is 20.6 Å². The fourth-order valence-electron chi connectivity index (χ4n) is 2.31. The van der Waals surface area contributed by atoms with E-state index in [-0.39, 0.29) is 11.7 Å². The van der Waals surface area contributed by atoms with Gasteiger partial charge in [0.25, 0.3) is 0 Å². The monoisotopic (exact) mass is 221 g/mol. The zero-order valence-corrected chi connectivity index (χ0v) is 9.00. The van der Waals surface area contributed by atoms with E-state index in [9.17, 15) is 8.42 Å². The van der Waals surface area contributed by atoms with Crippen molar-refractivity contribution in [3.05, 3.63) is 29.8 Å². The molecule has 78 valence electrons. The van der Waals surface area contributed by atoms with Gasteiger partial charge >= 0.3 is 0 Å². The number of rotatable bonds is 0. The Balaban J connectivity index is 2.20. The van der Waals surface area contributed by atoms with Gasteiger partial charge in [-0.15, -0.1) is 0 Å². The third-order valence-electron chi connectivity index (χ3n) is 3.09. The van der Waals surface area contributed by atoms with Crippen LogP contribution < -0.4 is 0 Å². The number of nitrogens with zero attached hydrogens (tertiary/aromatic N) is 1. The van der Waals surface area contributed by atoms with E-state index in [1.54, 1.807) is 0 Å². The van der Waals surface area contributed by atoms with E-state index < -0.39 is 9.84 Å². The molecule has 3 nitrogen and oxygen atoms in total. The van der Waals surface area contributed by atoms with E-state index in [2.05, 4.69) is 4.99 Å². The molecule has 0 N–H and O–H groups in total. The molecule has 0 amide bonds. The lowest BCUT2D eigenvalue weighted by molar-refractivity contribution is 0.608. The van der Waals surface area contributed by atoms with Gasteiger partial charge in [0.15, 0.2) is 9.84 Å². The summed E-state index contributed by atoms with van der Waals surface area (Å²) in [4.78, 5) is 4.29. The van der Waals surface area contributed by atoms with Gasteiger partial charge in [-0.3, -0.25) is 0 Å². The standard InChI is InChI=1S/C11H11NO2S/c13-15(14)6-5-9-7-8-3-1-2-4-10(8)12-11(9)15/h1-4,9H,5-7H2. The lowest BCUT2D eigenvalue weighted by atomic mass is 9.94. The topological polar surface area (TPSA) is 46.5 Å². The Bertz CT molecular complexity index is 545. The summed E-state index contributed by atoms with van der Waals surface area (Å²) < 4.78 is 23.4. The van der Waals surface area contributed by atoms with Gasteiger partial charge in [0.05, 0.1) is 11.4 Å². The zero-order valence-electron chi connectivity index (χ0n) is 8.18. The van der Waals surface area contributed by atoms with E-state index in [4.69, 9.17) is 0 Å². The molecule has 0 aromatic heterocycles. The van der Waals surface area contributed by atoms with Gasteiger partial charge in [0.2, 0.25) is 0 Å². The van der Waals surface area contributed by atoms with E-state index >= 15 is 0 Å². The molecule has 1 unspecified atom stereocenters. The summed E-state index contributed by atoms with van der Waals surface area (Å²) in [5.41, 5.74) is 2.00. The van der Waals surface area contributed by atoms with Crippen molar-refractivity contribution in [2.75, 3.05) is 5.75 Å². The number of fused-ring (bicyclic) bond motifs is 2. The van der Waals surface area contributed by atoms with Gasteiger partial charge in [0.1, 0.15) is 5.04 Å². The Morgan fingerprint density at radius 1 is 1.27 bits per heavy atom. The molecule has 3 rings (SSSR count). The van der Waals surface area contributed by atoms with Crippen LogP contribution in [-0.4, -0.2) is 19.2 Å². The van der Waals surface area contributed by atoms with Gasteiger partial charge in [-0.25, -0.2) is 13.4 Å². The van der Waals surface area contributed by atoms with Crippen molar-refractivity contribution in [3.63, 3.8) is 0 Å². The number of hydrogen-bond donors (Lipinski definition) is 0. The molecule has 0 saturated carbocycles. The molecule has 0 bridgehead atoms. The minimum atomic E-state index is -3.04. The molecule has 1 aromatic rings.